The zero-order valence-corrected chi connectivity index (χ0v) is 14.4. The minimum Gasteiger partial charge on any atom is -0.370 e. The Bertz CT molecular complexity index is 450. The lowest BCUT2D eigenvalue weighted by molar-refractivity contribution is -0.110. The van der Waals surface area contributed by atoms with Gasteiger partial charge >= 0.3 is 0 Å². The van der Waals surface area contributed by atoms with Crippen molar-refractivity contribution in [2.75, 3.05) is 33.2 Å². The Morgan fingerprint density at radius 3 is 2.67 bits per heavy atom. The lowest BCUT2D eigenvalue weighted by Gasteiger charge is -2.44. The topological polar surface area (TPSA) is 61.9 Å². The van der Waals surface area contributed by atoms with Crippen LogP contribution >= 0.6 is 0 Å². The van der Waals surface area contributed by atoms with Gasteiger partial charge in [0.15, 0.2) is 0 Å². The molecule has 0 saturated carbocycles. The number of rotatable bonds is 4. The van der Waals surface area contributed by atoms with E-state index in [9.17, 15) is 8.42 Å². The molecule has 21 heavy (non-hydrogen) atoms. The Balaban J connectivity index is 2.19. The predicted octanol–water partition coefficient (Wildman–Crippen LogP) is 0.804. The molecule has 2 aliphatic heterocycles. The molecule has 6 nitrogen and oxygen atoms in total. The third-order valence-electron chi connectivity index (χ3n) is 4.17. The van der Waals surface area contributed by atoms with Crippen molar-refractivity contribution in [1.29, 1.82) is 0 Å². The average Bonchev–Trinajstić information content (AvgIpc) is 2.37. The first-order valence-electron chi connectivity index (χ1n) is 7.85. The molecule has 0 aliphatic carbocycles. The fraction of sp³-hybridized carbons (Fsp3) is 1.00. The second kappa shape index (κ2) is 6.50. The van der Waals surface area contributed by atoms with Crippen LogP contribution in [0.3, 0.4) is 0 Å². The quantitative estimate of drug-likeness (QED) is 0.833. The van der Waals surface area contributed by atoms with Crippen molar-refractivity contribution in [2.45, 2.75) is 57.8 Å². The van der Waals surface area contributed by atoms with Crippen LogP contribution in [-0.4, -0.2) is 68.0 Å². The van der Waals surface area contributed by atoms with Gasteiger partial charge in [-0.15, -0.1) is 0 Å². The molecule has 0 aromatic heterocycles. The van der Waals surface area contributed by atoms with Crippen LogP contribution in [0, 0.1) is 0 Å². The minimum atomic E-state index is -3.41. The molecule has 0 bridgehead atoms. The molecule has 0 radical (unpaired) electrons. The summed E-state index contributed by atoms with van der Waals surface area (Å²) in [6, 6.07) is 0.0648. The first-order chi connectivity index (χ1) is 9.76. The van der Waals surface area contributed by atoms with Crippen LogP contribution in [0.25, 0.3) is 0 Å². The third-order valence-corrected chi connectivity index (χ3v) is 6.18. The maximum Gasteiger partial charge on any atom is 0.282 e. The minimum absolute atomic E-state index is 0.0648. The van der Waals surface area contributed by atoms with E-state index in [4.69, 9.17) is 4.74 Å². The van der Waals surface area contributed by atoms with Crippen LogP contribution in [-0.2, 0) is 14.9 Å². The van der Waals surface area contributed by atoms with E-state index in [0.717, 1.165) is 19.3 Å². The molecule has 7 heteroatoms. The number of likely N-dealkylation sites (N-methyl/N-ethyl adjacent to an activating group) is 1. The Morgan fingerprint density at radius 2 is 2.05 bits per heavy atom. The maximum absolute atomic E-state index is 13.0. The number of hydrogen-bond acceptors (Lipinski definition) is 4. The van der Waals surface area contributed by atoms with Gasteiger partial charge in [-0.25, -0.2) is 0 Å². The molecule has 2 unspecified atom stereocenters. The molecule has 2 heterocycles. The highest BCUT2D eigenvalue weighted by molar-refractivity contribution is 7.86. The van der Waals surface area contributed by atoms with Gasteiger partial charge in [0, 0.05) is 32.2 Å². The van der Waals surface area contributed by atoms with Crippen molar-refractivity contribution in [3.8, 4) is 0 Å². The number of nitrogens with one attached hydrogen (secondary N) is 1. The Hall–Kier alpha value is -0.210. The van der Waals surface area contributed by atoms with Gasteiger partial charge in [-0.3, -0.25) is 0 Å². The molecule has 2 fully saturated rings. The smallest absolute Gasteiger partial charge is 0.282 e. The Kier molecular flexibility index (Phi) is 5.31. The highest BCUT2D eigenvalue weighted by atomic mass is 32.2. The predicted molar refractivity (Wildman–Crippen MR) is 83.4 cm³/mol. The van der Waals surface area contributed by atoms with E-state index in [0.29, 0.717) is 26.2 Å². The number of ether oxygens (including phenoxy) is 1. The summed E-state index contributed by atoms with van der Waals surface area (Å²) < 4.78 is 35.2. The van der Waals surface area contributed by atoms with Crippen LogP contribution in [0.2, 0.25) is 0 Å². The van der Waals surface area contributed by atoms with Gasteiger partial charge in [0.1, 0.15) is 0 Å². The van der Waals surface area contributed by atoms with E-state index in [2.05, 4.69) is 5.32 Å². The molecular formula is C14H29N3O3S. The normalized spacial score (nSPS) is 32.2. The van der Waals surface area contributed by atoms with Gasteiger partial charge in [-0.05, 0) is 40.7 Å². The highest BCUT2D eigenvalue weighted by Crippen LogP contribution is 2.28. The van der Waals surface area contributed by atoms with E-state index in [1.165, 1.54) is 0 Å². The van der Waals surface area contributed by atoms with E-state index in [1.807, 2.05) is 27.8 Å². The molecule has 2 aliphatic rings. The summed E-state index contributed by atoms with van der Waals surface area (Å²) in [4.78, 5) is 0. The van der Waals surface area contributed by atoms with Crippen LogP contribution in [0.15, 0.2) is 0 Å². The van der Waals surface area contributed by atoms with Gasteiger partial charge in [0.2, 0.25) is 0 Å². The van der Waals surface area contributed by atoms with Crippen LogP contribution in [0.4, 0.5) is 0 Å². The molecule has 2 rings (SSSR count). The number of piperidine rings is 1. The summed E-state index contributed by atoms with van der Waals surface area (Å²) in [7, 11) is -1.54. The molecule has 0 aromatic carbocycles. The molecular weight excluding hydrogens is 290 g/mol. The molecule has 2 atom stereocenters. The van der Waals surface area contributed by atoms with Gasteiger partial charge in [0.25, 0.3) is 10.2 Å². The SMILES string of the molecule is CNCC1CCCCN1S(=O)(=O)N1CC(C)OC(C)(C)C1. The van der Waals surface area contributed by atoms with Crippen LogP contribution in [0.5, 0.6) is 0 Å². The van der Waals surface area contributed by atoms with Crippen LogP contribution < -0.4 is 5.32 Å². The van der Waals surface area contributed by atoms with E-state index < -0.39 is 15.8 Å². The van der Waals surface area contributed by atoms with Crippen molar-refractivity contribution < 1.29 is 13.2 Å². The highest BCUT2D eigenvalue weighted by Gasteiger charge is 2.42. The summed E-state index contributed by atoms with van der Waals surface area (Å²) in [5.74, 6) is 0. The molecule has 0 spiro atoms. The summed E-state index contributed by atoms with van der Waals surface area (Å²) in [5.41, 5.74) is -0.432. The first-order valence-corrected chi connectivity index (χ1v) is 9.25. The third kappa shape index (κ3) is 3.96. The van der Waals surface area contributed by atoms with Crippen molar-refractivity contribution in [1.82, 2.24) is 13.9 Å². The lowest BCUT2D eigenvalue weighted by Crippen LogP contribution is -2.60. The fourth-order valence-electron chi connectivity index (χ4n) is 3.44. The molecule has 0 aromatic rings. The molecule has 0 amide bonds. The second-order valence-corrected chi connectivity index (χ2v) is 8.69. The van der Waals surface area contributed by atoms with Gasteiger partial charge in [0.05, 0.1) is 11.7 Å². The zero-order valence-electron chi connectivity index (χ0n) is 13.6. The standard InChI is InChI=1S/C14H29N3O3S/c1-12-10-16(11-14(2,3)20-12)21(18,19)17-8-6-5-7-13(17)9-15-4/h12-13,15H,5-11H2,1-4H3. The zero-order chi connectivity index (χ0) is 15.7. The second-order valence-electron chi connectivity index (χ2n) is 6.81. The van der Waals surface area contributed by atoms with Gasteiger partial charge in [-0.1, -0.05) is 6.42 Å². The number of nitrogens with zero attached hydrogens (tertiary/aromatic N) is 2. The summed E-state index contributed by atoms with van der Waals surface area (Å²) >= 11 is 0. The average molecular weight is 319 g/mol. The van der Waals surface area contributed by atoms with Gasteiger partial charge < -0.3 is 10.1 Å². The Labute approximate surface area is 129 Å². The van der Waals surface area contributed by atoms with Crippen molar-refractivity contribution in [2.24, 2.45) is 0 Å². The van der Waals surface area contributed by atoms with Crippen molar-refractivity contribution >= 4 is 10.2 Å². The lowest BCUT2D eigenvalue weighted by atomic mass is 10.1. The van der Waals surface area contributed by atoms with Gasteiger partial charge in [-0.2, -0.15) is 17.0 Å². The Morgan fingerprint density at radius 1 is 1.33 bits per heavy atom. The van der Waals surface area contributed by atoms with E-state index in [-0.39, 0.29) is 12.1 Å². The van der Waals surface area contributed by atoms with Crippen LogP contribution in [0.1, 0.15) is 40.0 Å². The first kappa shape index (κ1) is 17.1. The fourth-order valence-corrected chi connectivity index (χ4v) is 5.52. The summed E-state index contributed by atoms with van der Waals surface area (Å²) in [6.45, 7) is 8.03. The molecule has 1 N–H and O–H groups in total. The van der Waals surface area contributed by atoms with E-state index in [1.54, 1.807) is 8.61 Å². The monoisotopic (exact) mass is 319 g/mol. The summed E-state index contributed by atoms with van der Waals surface area (Å²) in [5, 5.41) is 3.12. The number of hydrogen-bond donors (Lipinski definition) is 1. The summed E-state index contributed by atoms with van der Waals surface area (Å²) in [6.07, 6.45) is 2.91. The molecule has 2 saturated heterocycles. The van der Waals surface area contributed by atoms with E-state index >= 15 is 0 Å². The number of morpholine rings is 1. The largest absolute Gasteiger partial charge is 0.370 e. The van der Waals surface area contributed by atoms with Crippen molar-refractivity contribution in [3.63, 3.8) is 0 Å². The van der Waals surface area contributed by atoms with Crippen molar-refractivity contribution in [3.05, 3.63) is 0 Å². The molecule has 124 valence electrons. The maximum atomic E-state index is 13.0.